The van der Waals surface area contributed by atoms with E-state index in [2.05, 4.69) is 21.2 Å². The minimum atomic E-state index is -0.608. The van der Waals surface area contributed by atoms with Crippen LogP contribution in [0.4, 0.5) is 10.1 Å². The van der Waals surface area contributed by atoms with E-state index in [1.54, 1.807) is 6.07 Å². The highest BCUT2D eigenvalue weighted by Gasteiger charge is 2.15. The quantitative estimate of drug-likeness (QED) is 0.848. The van der Waals surface area contributed by atoms with Gasteiger partial charge in [-0.05, 0) is 18.6 Å². The number of hydrogen-bond donors (Lipinski definition) is 1. The van der Waals surface area contributed by atoms with Gasteiger partial charge in [0.2, 0.25) is 5.91 Å². The molecule has 0 aromatic heterocycles. The van der Waals surface area contributed by atoms with Gasteiger partial charge in [0.05, 0.1) is 15.5 Å². The van der Waals surface area contributed by atoms with Gasteiger partial charge in [-0.1, -0.05) is 40.5 Å². The predicted molar refractivity (Wildman–Crippen MR) is 63.0 cm³/mol. The summed E-state index contributed by atoms with van der Waals surface area (Å²) < 4.78 is 13.4. The van der Waals surface area contributed by atoms with E-state index in [0.717, 1.165) is 0 Å². The summed E-state index contributed by atoms with van der Waals surface area (Å²) in [5.41, 5.74) is 0.102. The molecule has 82 valence electrons. The van der Waals surface area contributed by atoms with Crippen LogP contribution in [0.2, 0.25) is 5.02 Å². The summed E-state index contributed by atoms with van der Waals surface area (Å²) in [6.07, 6.45) is 0.633. The maximum absolute atomic E-state index is 13.4. The third kappa shape index (κ3) is 3.18. The fraction of sp³-hybridized carbons (Fsp3) is 0.300. The van der Waals surface area contributed by atoms with Gasteiger partial charge in [-0.25, -0.2) is 4.39 Å². The number of amides is 1. The molecule has 0 radical (unpaired) electrons. The number of halogens is 3. The molecule has 1 rings (SSSR count). The van der Waals surface area contributed by atoms with Crippen LogP contribution in [0.3, 0.4) is 0 Å². The first-order valence-electron chi connectivity index (χ1n) is 4.45. The van der Waals surface area contributed by atoms with Gasteiger partial charge < -0.3 is 5.32 Å². The average molecular weight is 295 g/mol. The maximum Gasteiger partial charge on any atom is 0.238 e. The van der Waals surface area contributed by atoms with Gasteiger partial charge >= 0.3 is 0 Å². The Kier molecular flexibility index (Phi) is 4.54. The molecule has 0 saturated carbocycles. The molecule has 15 heavy (non-hydrogen) atoms. The van der Waals surface area contributed by atoms with Crippen molar-refractivity contribution in [1.29, 1.82) is 0 Å². The minimum Gasteiger partial charge on any atom is -0.323 e. The monoisotopic (exact) mass is 293 g/mol. The number of carbonyl (C=O) groups is 1. The molecule has 1 atom stereocenters. The molecular weight excluding hydrogens is 284 g/mol. The van der Waals surface area contributed by atoms with Crippen LogP contribution < -0.4 is 5.32 Å². The molecule has 0 aliphatic heterocycles. The number of rotatable bonds is 3. The lowest BCUT2D eigenvalue weighted by Gasteiger charge is -2.09. The zero-order valence-electron chi connectivity index (χ0n) is 8.06. The van der Waals surface area contributed by atoms with Crippen molar-refractivity contribution in [3.8, 4) is 0 Å². The van der Waals surface area contributed by atoms with Crippen molar-refractivity contribution < 1.29 is 9.18 Å². The van der Waals surface area contributed by atoms with Crippen LogP contribution in [0.5, 0.6) is 0 Å². The van der Waals surface area contributed by atoms with Gasteiger partial charge in [0, 0.05) is 0 Å². The van der Waals surface area contributed by atoms with E-state index in [1.165, 1.54) is 12.1 Å². The lowest BCUT2D eigenvalue weighted by Crippen LogP contribution is -2.22. The second-order valence-corrected chi connectivity index (χ2v) is 4.48. The van der Waals surface area contributed by atoms with Crippen molar-refractivity contribution in [3.05, 3.63) is 29.0 Å². The van der Waals surface area contributed by atoms with E-state index in [1.807, 2.05) is 6.92 Å². The lowest BCUT2D eigenvalue weighted by molar-refractivity contribution is -0.115. The molecule has 0 aliphatic rings. The van der Waals surface area contributed by atoms with Gasteiger partial charge in [0.25, 0.3) is 0 Å². The van der Waals surface area contributed by atoms with E-state index < -0.39 is 5.82 Å². The summed E-state index contributed by atoms with van der Waals surface area (Å²) in [5.74, 6) is -0.887. The fourth-order valence-corrected chi connectivity index (χ4v) is 1.29. The molecule has 0 spiro atoms. The van der Waals surface area contributed by atoms with Gasteiger partial charge in [0.15, 0.2) is 5.82 Å². The van der Waals surface area contributed by atoms with Crippen LogP contribution in [0, 0.1) is 5.82 Å². The Balaban J connectivity index is 2.81. The summed E-state index contributed by atoms with van der Waals surface area (Å²) in [6, 6.07) is 4.47. The van der Waals surface area contributed by atoms with Crippen LogP contribution >= 0.6 is 27.5 Å². The Morgan fingerprint density at radius 2 is 2.33 bits per heavy atom. The summed E-state index contributed by atoms with van der Waals surface area (Å²) >= 11 is 8.75. The van der Waals surface area contributed by atoms with E-state index in [4.69, 9.17) is 11.6 Å². The van der Waals surface area contributed by atoms with E-state index in [-0.39, 0.29) is 21.4 Å². The summed E-state index contributed by atoms with van der Waals surface area (Å²) in [6.45, 7) is 1.85. The second kappa shape index (κ2) is 5.47. The molecule has 1 aromatic rings. The molecular formula is C10H10BrClFNO. The molecule has 1 aromatic carbocycles. The van der Waals surface area contributed by atoms with E-state index in [0.29, 0.717) is 6.42 Å². The third-order valence-electron chi connectivity index (χ3n) is 1.85. The number of benzene rings is 1. The molecule has 0 saturated heterocycles. The van der Waals surface area contributed by atoms with Crippen molar-refractivity contribution in [3.63, 3.8) is 0 Å². The number of nitrogens with one attached hydrogen (secondary N) is 1. The van der Waals surface area contributed by atoms with Crippen molar-refractivity contribution in [2.45, 2.75) is 18.2 Å². The van der Waals surface area contributed by atoms with E-state index in [9.17, 15) is 9.18 Å². The molecule has 1 N–H and O–H groups in total. The smallest absolute Gasteiger partial charge is 0.238 e. The van der Waals surface area contributed by atoms with Gasteiger partial charge in [-0.2, -0.15) is 0 Å². The zero-order valence-corrected chi connectivity index (χ0v) is 10.4. The van der Waals surface area contributed by atoms with Crippen LogP contribution in [0.25, 0.3) is 0 Å². The van der Waals surface area contributed by atoms with Crippen molar-refractivity contribution in [2.75, 3.05) is 5.32 Å². The maximum atomic E-state index is 13.4. The molecule has 0 heterocycles. The van der Waals surface area contributed by atoms with Crippen LogP contribution in [-0.2, 0) is 4.79 Å². The highest BCUT2D eigenvalue weighted by molar-refractivity contribution is 9.10. The van der Waals surface area contributed by atoms with Crippen molar-refractivity contribution >= 4 is 39.1 Å². The number of alkyl halides is 1. The minimum absolute atomic E-state index is 0.00424. The zero-order chi connectivity index (χ0) is 11.4. The van der Waals surface area contributed by atoms with Crippen molar-refractivity contribution in [1.82, 2.24) is 0 Å². The Morgan fingerprint density at radius 3 is 2.93 bits per heavy atom. The Morgan fingerprint density at radius 1 is 1.67 bits per heavy atom. The SMILES string of the molecule is CCC(Br)C(=O)Nc1cccc(Cl)c1F. The Labute approximate surface area is 101 Å². The summed E-state index contributed by atoms with van der Waals surface area (Å²) in [4.78, 5) is 11.1. The topological polar surface area (TPSA) is 29.1 Å². The Bertz CT molecular complexity index is 372. The first-order valence-corrected chi connectivity index (χ1v) is 5.74. The fourth-order valence-electron chi connectivity index (χ4n) is 0.997. The number of carbonyl (C=O) groups excluding carboxylic acids is 1. The van der Waals surface area contributed by atoms with Gasteiger partial charge in [0.1, 0.15) is 0 Å². The van der Waals surface area contributed by atoms with E-state index >= 15 is 0 Å². The summed E-state index contributed by atoms with van der Waals surface area (Å²) in [5, 5.41) is 2.45. The average Bonchev–Trinajstić information content (AvgIpc) is 2.23. The highest BCUT2D eigenvalue weighted by Crippen LogP contribution is 2.22. The Hall–Kier alpha value is -0.610. The predicted octanol–water partition coefficient (Wildman–Crippen LogP) is 3.59. The van der Waals surface area contributed by atoms with Crippen LogP contribution in [0.1, 0.15) is 13.3 Å². The first kappa shape index (κ1) is 12.5. The molecule has 1 unspecified atom stereocenters. The highest BCUT2D eigenvalue weighted by atomic mass is 79.9. The molecule has 0 fully saturated rings. The largest absolute Gasteiger partial charge is 0.323 e. The van der Waals surface area contributed by atoms with Gasteiger partial charge in [-0.15, -0.1) is 0 Å². The second-order valence-electron chi connectivity index (χ2n) is 2.97. The normalized spacial score (nSPS) is 12.3. The summed E-state index contributed by atoms with van der Waals surface area (Å²) in [7, 11) is 0. The standard InChI is InChI=1S/C10H10BrClFNO/c1-2-6(11)10(15)14-8-5-3-4-7(12)9(8)13/h3-6H,2H2,1H3,(H,14,15). The molecule has 1 amide bonds. The first-order chi connectivity index (χ1) is 7.06. The van der Waals surface area contributed by atoms with Crippen molar-refractivity contribution in [2.24, 2.45) is 0 Å². The number of hydrogen-bond acceptors (Lipinski definition) is 1. The van der Waals surface area contributed by atoms with Crippen LogP contribution in [0.15, 0.2) is 18.2 Å². The number of anilines is 1. The molecule has 2 nitrogen and oxygen atoms in total. The third-order valence-corrected chi connectivity index (χ3v) is 3.21. The molecule has 0 aliphatic carbocycles. The molecule has 0 bridgehead atoms. The van der Waals surface area contributed by atoms with Gasteiger partial charge in [-0.3, -0.25) is 4.79 Å². The lowest BCUT2D eigenvalue weighted by atomic mass is 10.2. The van der Waals surface area contributed by atoms with Crippen LogP contribution in [-0.4, -0.2) is 10.7 Å². The molecule has 5 heteroatoms.